The topological polar surface area (TPSA) is 0 Å². The van der Waals surface area contributed by atoms with Crippen LogP contribution in [0, 0.1) is 0 Å². The van der Waals surface area contributed by atoms with E-state index in [0.717, 1.165) is 12.8 Å². The zero-order valence-corrected chi connectivity index (χ0v) is 36.5. The van der Waals surface area contributed by atoms with Gasteiger partial charge in [0.1, 0.15) is 0 Å². The normalized spacial score (nSPS) is 12.4. The maximum atomic E-state index is 2.52. The van der Waals surface area contributed by atoms with Crippen LogP contribution in [0.25, 0.3) is 127 Å². The Bertz CT molecular complexity index is 3870. The van der Waals surface area contributed by atoms with E-state index in [1.54, 1.807) is 0 Å². The highest BCUT2D eigenvalue weighted by Gasteiger charge is 2.23. The largest absolute Gasteiger partial charge is 0.0836 e. The molecule has 12 aromatic rings. The van der Waals surface area contributed by atoms with Crippen LogP contribution >= 0.6 is 0 Å². The van der Waals surface area contributed by atoms with Crippen molar-refractivity contribution in [1.29, 1.82) is 0 Å². The molecule has 0 amide bonds. The van der Waals surface area contributed by atoms with Crippen molar-refractivity contribution in [2.45, 2.75) is 12.8 Å². The number of fused-ring (bicyclic) bond motifs is 6. The number of benzene rings is 12. The molecule has 0 nitrogen and oxygen atoms in total. The molecule has 12 aromatic carbocycles. The Kier molecular flexibility index (Phi) is 9.10. The summed E-state index contributed by atoms with van der Waals surface area (Å²) in [6.45, 7) is 0. The SMILES string of the molecule is C1=Cc2ccc(-c3ccccc3-c3c4ccccc4c(-c4ccccc4-c4ccc5ccccc5c4)c4cc(-c5c6ccccc6c(-c6ccccc6)c6ccccc56)ccc34)cc2CC1. The molecule has 0 radical (unpaired) electrons. The Hall–Kier alpha value is -8.32. The van der Waals surface area contributed by atoms with Gasteiger partial charge in [-0.3, -0.25) is 0 Å². The van der Waals surface area contributed by atoms with E-state index >= 15 is 0 Å². The smallest absolute Gasteiger partial charge is 0.00199 e. The molecule has 0 heterocycles. The van der Waals surface area contributed by atoms with Crippen molar-refractivity contribution in [2.24, 2.45) is 0 Å². The van der Waals surface area contributed by atoms with Gasteiger partial charge in [-0.05, 0) is 157 Å². The van der Waals surface area contributed by atoms with Crippen molar-refractivity contribution in [3.8, 4) is 66.8 Å². The Morgan fingerprint density at radius 1 is 0.258 bits per heavy atom. The van der Waals surface area contributed by atoms with Gasteiger partial charge < -0.3 is 0 Å². The quantitative estimate of drug-likeness (QED) is 0.146. The third-order valence-corrected chi connectivity index (χ3v) is 14.1. The second-order valence-electron chi connectivity index (χ2n) is 17.8. The van der Waals surface area contributed by atoms with Crippen LogP contribution in [0.3, 0.4) is 0 Å². The third-order valence-electron chi connectivity index (χ3n) is 14.1. The van der Waals surface area contributed by atoms with Crippen LogP contribution in [0.1, 0.15) is 17.5 Å². The van der Waals surface area contributed by atoms with Crippen LogP contribution in [0.5, 0.6) is 0 Å². The maximum absolute atomic E-state index is 2.52. The summed E-state index contributed by atoms with van der Waals surface area (Å²) in [4.78, 5) is 0. The summed E-state index contributed by atoms with van der Waals surface area (Å²) < 4.78 is 0. The van der Waals surface area contributed by atoms with Crippen LogP contribution in [-0.4, -0.2) is 0 Å². The summed E-state index contributed by atoms with van der Waals surface area (Å²) in [6.07, 6.45) is 6.73. The molecule has 0 saturated carbocycles. The summed E-state index contributed by atoms with van der Waals surface area (Å²) >= 11 is 0. The predicted molar refractivity (Wildman–Crippen MR) is 284 cm³/mol. The average Bonchev–Trinajstić information content (AvgIpc) is 3.39. The first-order valence-corrected chi connectivity index (χ1v) is 23.2. The molecule has 0 N–H and O–H groups in total. The van der Waals surface area contributed by atoms with Crippen LogP contribution in [0.2, 0.25) is 0 Å². The Morgan fingerprint density at radius 3 is 1.35 bits per heavy atom. The molecular formula is C66H44. The van der Waals surface area contributed by atoms with Gasteiger partial charge in [-0.15, -0.1) is 0 Å². The van der Waals surface area contributed by atoms with Crippen molar-refractivity contribution in [1.82, 2.24) is 0 Å². The van der Waals surface area contributed by atoms with Crippen molar-refractivity contribution in [2.75, 3.05) is 0 Å². The van der Waals surface area contributed by atoms with E-state index in [0.29, 0.717) is 0 Å². The minimum atomic E-state index is 1.07. The first kappa shape index (κ1) is 38.2. The number of hydrogen-bond acceptors (Lipinski definition) is 0. The fourth-order valence-corrected chi connectivity index (χ4v) is 11.1. The molecule has 66 heavy (non-hydrogen) atoms. The minimum absolute atomic E-state index is 1.07. The number of hydrogen-bond donors (Lipinski definition) is 0. The first-order valence-electron chi connectivity index (χ1n) is 23.2. The molecule has 0 bridgehead atoms. The highest BCUT2D eigenvalue weighted by atomic mass is 14.3. The second kappa shape index (κ2) is 15.7. The molecule has 0 atom stereocenters. The zero-order chi connectivity index (χ0) is 43.6. The van der Waals surface area contributed by atoms with Crippen LogP contribution in [0.15, 0.2) is 237 Å². The molecule has 308 valence electrons. The van der Waals surface area contributed by atoms with E-state index in [9.17, 15) is 0 Å². The average molecular weight is 837 g/mol. The highest BCUT2D eigenvalue weighted by molar-refractivity contribution is 6.26. The van der Waals surface area contributed by atoms with Gasteiger partial charge in [0.2, 0.25) is 0 Å². The van der Waals surface area contributed by atoms with Gasteiger partial charge in [-0.2, -0.15) is 0 Å². The van der Waals surface area contributed by atoms with E-state index in [1.165, 1.54) is 132 Å². The van der Waals surface area contributed by atoms with Gasteiger partial charge >= 0.3 is 0 Å². The monoisotopic (exact) mass is 836 g/mol. The fourth-order valence-electron chi connectivity index (χ4n) is 11.1. The molecule has 1 aliphatic carbocycles. The van der Waals surface area contributed by atoms with Gasteiger partial charge in [0, 0.05) is 0 Å². The van der Waals surface area contributed by atoms with Crippen molar-refractivity contribution in [3.05, 3.63) is 248 Å². The first-order chi connectivity index (χ1) is 32.8. The molecule has 13 rings (SSSR count). The molecule has 0 fully saturated rings. The molecule has 0 heteroatoms. The van der Waals surface area contributed by atoms with Crippen molar-refractivity contribution >= 4 is 59.9 Å². The van der Waals surface area contributed by atoms with Gasteiger partial charge in [0.25, 0.3) is 0 Å². The lowest BCUT2D eigenvalue weighted by molar-refractivity contribution is 0.986. The number of allylic oxidation sites excluding steroid dienone is 1. The van der Waals surface area contributed by atoms with Gasteiger partial charge in [-0.1, -0.05) is 231 Å². The highest BCUT2D eigenvalue weighted by Crippen LogP contribution is 2.51. The zero-order valence-electron chi connectivity index (χ0n) is 36.5. The summed E-state index contributed by atoms with van der Waals surface area (Å²) in [6, 6.07) is 86.2. The lowest BCUT2D eigenvalue weighted by Gasteiger charge is -2.23. The van der Waals surface area contributed by atoms with Crippen LogP contribution < -0.4 is 0 Å². The predicted octanol–water partition coefficient (Wildman–Crippen LogP) is 18.4. The summed E-state index contributed by atoms with van der Waals surface area (Å²) in [5.41, 5.74) is 17.7. The summed E-state index contributed by atoms with van der Waals surface area (Å²) in [5, 5.41) is 12.5. The number of rotatable bonds is 6. The molecule has 1 aliphatic rings. The summed E-state index contributed by atoms with van der Waals surface area (Å²) in [5.74, 6) is 0. The summed E-state index contributed by atoms with van der Waals surface area (Å²) in [7, 11) is 0. The van der Waals surface area contributed by atoms with E-state index in [4.69, 9.17) is 0 Å². The number of aryl methyl sites for hydroxylation is 1. The van der Waals surface area contributed by atoms with E-state index in [-0.39, 0.29) is 0 Å². The van der Waals surface area contributed by atoms with E-state index in [1.807, 2.05) is 0 Å². The Morgan fingerprint density at radius 2 is 0.712 bits per heavy atom. The lowest BCUT2D eigenvalue weighted by atomic mass is 9.80. The third kappa shape index (κ3) is 6.21. The molecule has 0 aliphatic heterocycles. The van der Waals surface area contributed by atoms with Crippen molar-refractivity contribution in [3.63, 3.8) is 0 Å². The second-order valence-corrected chi connectivity index (χ2v) is 17.8. The lowest BCUT2D eigenvalue weighted by Crippen LogP contribution is -1.97. The molecule has 0 spiro atoms. The minimum Gasteiger partial charge on any atom is -0.0836 e. The molecule has 0 aromatic heterocycles. The molecule has 0 unspecified atom stereocenters. The van der Waals surface area contributed by atoms with Crippen molar-refractivity contribution < 1.29 is 0 Å². The van der Waals surface area contributed by atoms with E-state index < -0.39 is 0 Å². The Labute approximate surface area is 385 Å². The molecule has 0 saturated heterocycles. The van der Waals surface area contributed by atoms with Gasteiger partial charge in [-0.25, -0.2) is 0 Å². The fraction of sp³-hybridized carbons (Fsp3) is 0.0303. The van der Waals surface area contributed by atoms with Crippen LogP contribution in [0.4, 0.5) is 0 Å². The van der Waals surface area contributed by atoms with Gasteiger partial charge in [0.15, 0.2) is 0 Å². The Balaban J connectivity index is 1.15. The van der Waals surface area contributed by atoms with Gasteiger partial charge in [0.05, 0.1) is 0 Å². The van der Waals surface area contributed by atoms with Crippen LogP contribution in [-0.2, 0) is 6.42 Å². The standard InChI is InChI=1S/C66H44/c1-2-20-45(21-3-1)63-55-28-12-14-30-57(55)64(58-31-15-13-29-56(58)63)50-38-39-61-62(42-50)66(54-27-11-9-25-52(54)49-37-35-44-19-5-7-23-47(44)41-49)60-33-17-16-32-59(60)65(61)53-26-10-8-24-51(53)48-36-34-43-18-4-6-22-46(43)40-48/h1-5,7-21,23-42H,6,22H2. The maximum Gasteiger partial charge on any atom is -0.00199 e. The molecular weight excluding hydrogens is 793 g/mol. The van der Waals surface area contributed by atoms with E-state index in [2.05, 4.69) is 243 Å².